The molecule has 1 saturated heterocycles. The molecule has 116 valence electrons. The standard InChI is InChI=1S/C13H21F2NO4/c1-5-19-10(17)13(9(14)15)6-7-16(8-13)11(18)20-12(2,3)4/h9H,5-8H2,1-4H3. The number of hydrogen-bond donors (Lipinski definition) is 0. The minimum absolute atomic E-state index is 0.0275. The predicted octanol–water partition coefficient (Wildman–Crippen LogP) is 2.44. The topological polar surface area (TPSA) is 55.8 Å². The van der Waals surface area contributed by atoms with Gasteiger partial charge in [0.25, 0.3) is 6.43 Å². The van der Waals surface area contributed by atoms with Gasteiger partial charge in [-0.2, -0.15) is 0 Å². The maximum absolute atomic E-state index is 13.3. The van der Waals surface area contributed by atoms with Crippen molar-refractivity contribution in [2.45, 2.75) is 46.1 Å². The molecule has 1 amide bonds. The highest BCUT2D eigenvalue weighted by molar-refractivity contribution is 5.80. The first-order valence-corrected chi connectivity index (χ1v) is 6.55. The molecule has 1 aliphatic heterocycles. The summed E-state index contributed by atoms with van der Waals surface area (Å²) in [6.45, 7) is 6.32. The lowest BCUT2D eigenvalue weighted by Gasteiger charge is -2.27. The van der Waals surface area contributed by atoms with E-state index in [1.165, 1.54) is 0 Å². The summed E-state index contributed by atoms with van der Waals surface area (Å²) >= 11 is 0. The molecule has 0 bridgehead atoms. The minimum Gasteiger partial charge on any atom is -0.465 e. The number of rotatable bonds is 3. The van der Waals surface area contributed by atoms with Crippen molar-refractivity contribution in [1.82, 2.24) is 4.90 Å². The molecule has 0 aliphatic carbocycles. The van der Waals surface area contributed by atoms with Gasteiger partial charge in [-0.25, -0.2) is 13.6 Å². The molecule has 1 rings (SSSR count). The average Bonchev–Trinajstić information content (AvgIpc) is 2.73. The van der Waals surface area contributed by atoms with Crippen LogP contribution >= 0.6 is 0 Å². The van der Waals surface area contributed by atoms with E-state index in [1.807, 2.05) is 0 Å². The molecule has 0 aromatic heterocycles. The van der Waals surface area contributed by atoms with E-state index in [2.05, 4.69) is 0 Å². The van der Waals surface area contributed by atoms with Gasteiger partial charge in [-0.1, -0.05) is 0 Å². The molecule has 1 atom stereocenters. The number of esters is 1. The summed E-state index contributed by atoms with van der Waals surface area (Å²) in [7, 11) is 0. The van der Waals surface area contributed by atoms with Gasteiger partial charge in [-0.15, -0.1) is 0 Å². The molecular weight excluding hydrogens is 272 g/mol. The van der Waals surface area contributed by atoms with E-state index in [1.54, 1.807) is 27.7 Å². The van der Waals surface area contributed by atoms with Crippen molar-refractivity contribution in [1.29, 1.82) is 0 Å². The van der Waals surface area contributed by atoms with Crippen LogP contribution in [-0.2, 0) is 14.3 Å². The summed E-state index contributed by atoms with van der Waals surface area (Å²) in [4.78, 5) is 24.8. The zero-order valence-electron chi connectivity index (χ0n) is 12.2. The highest BCUT2D eigenvalue weighted by Gasteiger charge is 2.54. The Balaban J connectivity index is 2.80. The van der Waals surface area contributed by atoms with Gasteiger partial charge in [0.15, 0.2) is 0 Å². The van der Waals surface area contributed by atoms with Crippen LogP contribution < -0.4 is 0 Å². The van der Waals surface area contributed by atoms with Crippen molar-refractivity contribution in [3.8, 4) is 0 Å². The summed E-state index contributed by atoms with van der Waals surface area (Å²) in [5.74, 6) is -0.957. The predicted molar refractivity (Wildman–Crippen MR) is 67.5 cm³/mol. The fraction of sp³-hybridized carbons (Fsp3) is 0.846. The van der Waals surface area contributed by atoms with Crippen molar-refractivity contribution >= 4 is 12.1 Å². The number of nitrogens with zero attached hydrogens (tertiary/aromatic N) is 1. The third-order valence-electron chi connectivity index (χ3n) is 3.05. The van der Waals surface area contributed by atoms with Gasteiger partial charge in [0.2, 0.25) is 0 Å². The lowest BCUT2D eigenvalue weighted by Crippen LogP contribution is -2.44. The Labute approximate surface area is 117 Å². The second kappa shape index (κ2) is 5.93. The molecule has 0 spiro atoms. The van der Waals surface area contributed by atoms with Gasteiger partial charge in [-0.3, -0.25) is 4.79 Å². The van der Waals surface area contributed by atoms with E-state index in [-0.39, 0.29) is 26.1 Å². The lowest BCUT2D eigenvalue weighted by atomic mass is 9.88. The van der Waals surface area contributed by atoms with Gasteiger partial charge in [-0.05, 0) is 34.1 Å². The van der Waals surface area contributed by atoms with Crippen LogP contribution in [0.1, 0.15) is 34.1 Å². The van der Waals surface area contributed by atoms with Crippen molar-refractivity contribution in [3.63, 3.8) is 0 Å². The number of hydrogen-bond acceptors (Lipinski definition) is 4. The van der Waals surface area contributed by atoms with Crippen molar-refractivity contribution in [3.05, 3.63) is 0 Å². The zero-order valence-corrected chi connectivity index (χ0v) is 12.2. The van der Waals surface area contributed by atoms with Crippen molar-refractivity contribution in [2.75, 3.05) is 19.7 Å². The van der Waals surface area contributed by atoms with E-state index in [9.17, 15) is 18.4 Å². The largest absolute Gasteiger partial charge is 0.465 e. The first-order valence-electron chi connectivity index (χ1n) is 6.55. The first kappa shape index (κ1) is 16.7. The number of carbonyl (C=O) groups is 2. The fourth-order valence-corrected chi connectivity index (χ4v) is 2.02. The van der Waals surface area contributed by atoms with Crippen LogP contribution in [0.5, 0.6) is 0 Å². The third-order valence-corrected chi connectivity index (χ3v) is 3.05. The second-order valence-corrected chi connectivity index (χ2v) is 5.83. The van der Waals surface area contributed by atoms with Gasteiger partial charge in [0.05, 0.1) is 6.61 Å². The minimum atomic E-state index is -2.88. The van der Waals surface area contributed by atoms with E-state index >= 15 is 0 Å². The molecule has 0 N–H and O–H groups in total. The Hall–Kier alpha value is -1.40. The number of amides is 1. The monoisotopic (exact) mass is 293 g/mol. The zero-order chi connectivity index (χ0) is 15.6. The number of carbonyl (C=O) groups excluding carboxylic acids is 2. The average molecular weight is 293 g/mol. The fourth-order valence-electron chi connectivity index (χ4n) is 2.02. The Kier molecular flexibility index (Phi) is 4.94. The Morgan fingerprint density at radius 2 is 1.95 bits per heavy atom. The summed E-state index contributed by atoms with van der Waals surface area (Å²) < 4.78 is 36.4. The molecule has 1 aliphatic rings. The van der Waals surface area contributed by atoms with Crippen LogP contribution in [-0.4, -0.2) is 48.7 Å². The second-order valence-electron chi connectivity index (χ2n) is 5.83. The van der Waals surface area contributed by atoms with E-state index in [4.69, 9.17) is 9.47 Å². The Morgan fingerprint density at radius 3 is 2.40 bits per heavy atom. The molecule has 0 aromatic carbocycles. The molecule has 0 radical (unpaired) electrons. The molecular formula is C13H21F2NO4. The van der Waals surface area contributed by atoms with E-state index in [0.717, 1.165) is 4.90 Å². The number of halogens is 2. The number of ether oxygens (including phenoxy) is 2. The van der Waals surface area contributed by atoms with Gasteiger partial charge >= 0.3 is 12.1 Å². The molecule has 1 heterocycles. The van der Waals surface area contributed by atoms with Gasteiger partial charge in [0.1, 0.15) is 11.0 Å². The van der Waals surface area contributed by atoms with Gasteiger partial charge in [0, 0.05) is 13.1 Å². The van der Waals surface area contributed by atoms with Gasteiger partial charge < -0.3 is 14.4 Å². The third kappa shape index (κ3) is 3.58. The normalized spacial score (nSPS) is 23.1. The molecule has 20 heavy (non-hydrogen) atoms. The molecule has 1 fully saturated rings. The summed E-state index contributed by atoms with van der Waals surface area (Å²) in [5.41, 5.74) is -2.65. The highest BCUT2D eigenvalue weighted by atomic mass is 19.3. The smallest absolute Gasteiger partial charge is 0.410 e. The summed E-state index contributed by atoms with van der Waals surface area (Å²) in [5, 5.41) is 0. The van der Waals surface area contributed by atoms with Crippen LogP contribution in [0.4, 0.5) is 13.6 Å². The van der Waals surface area contributed by atoms with Crippen LogP contribution in [0.15, 0.2) is 0 Å². The number of likely N-dealkylation sites (tertiary alicyclic amines) is 1. The van der Waals surface area contributed by atoms with Crippen LogP contribution in [0, 0.1) is 5.41 Å². The Bertz CT molecular complexity index is 381. The van der Waals surface area contributed by atoms with Crippen molar-refractivity contribution in [2.24, 2.45) is 5.41 Å². The van der Waals surface area contributed by atoms with E-state index in [0.29, 0.717) is 0 Å². The Morgan fingerprint density at radius 1 is 1.35 bits per heavy atom. The molecule has 0 saturated carbocycles. The molecule has 1 unspecified atom stereocenters. The summed E-state index contributed by atoms with van der Waals surface area (Å²) in [6.07, 6.45) is -3.69. The van der Waals surface area contributed by atoms with Crippen LogP contribution in [0.2, 0.25) is 0 Å². The van der Waals surface area contributed by atoms with Crippen LogP contribution in [0.3, 0.4) is 0 Å². The first-order chi connectivity index (χ1) is 9.12. The molecule has 5 nitrogen and oxygen atoms in total. The molecule has 7 heteroatoms. The summed E-state index contributed by atoms with van der Waals surface area (Å²) in [6, 6.07) is 0. The highest BCUT2D eigenvalue weighted by Crippen LogP contribution is 2.38. The molecule has 0 aromatic rings. The lowest BCUT2D eigenvalue weighted by molar-refractivity contribution is -0.164. The maximum Gasteiger partial charge on any atom is 0.410 e. The number of alkyl halides is 2. The van der Waals surface area contributed by atoms with Crippen molar-refractivity contribution < 1.29 is 27.8 Å². The van der Waals surface area contributed by atoms with Crippen LogP contribution in [0.25, 0.3) is 0 Å². The van der Waals surface area contributed by atoms with E-state index < -0.39 is 29.5 Å². The maximum atomic E-state index is 13.3. The SMILES string of the molecule is CCOC(=O)C1(C(F)F)CCN(C(=O)OC(C)(C)C)C1. The quantitative estimate of drug-likeness (QED) is 0.750.